The van der Waals surface area contributed by atoms with Gasteiger partial charge in [0.05, 0.1) is 23.6 Å². The number of hydrogen-bond acceptors (Lipinski definition) is 9. The number of terminal acetylenes is 1. The van der Waals surface area contributed by atoms with Crippen LogP contribution >= 0.6 is 0 Å². The Labute approximate surface area is 236 Å². The molecule has 2 fully saturated rings. The number of phenolic OH excluding ortho intramolecular Hbond substituents is 1. The van der Waals surface area contributed by atoms with Crippen LogP contribution in [0.3, 0.4) is 0 Å². The molecule has 1 unspecified atom stereocenters. The number of pyridine rings is 1. The van der Waals surface area contributed by atoms with E-state index in [0.717, 1.165) is 26.1 Å². The molecule has 11 heteroatoms. The van der Waals surface area contributed by atoms with Gasteiger partial charge < -0.3 is 24.8 Å². The van der Waals surface area contributed by atoms with Crippen LogP contribution in [0.4, 0.5) is 14.6 Å². The van der Waals surface area contributed by atoms with Gasteiger partial charge in [-0.25, -0.2) is 8.78 Å². The van der Waals surface area contributed by atoms with E-state index in [-0.39, 0.29) is 45.5 Å². The van der Waals surface area contributed by atoms with Crippen LogP contribution in [-0.2, 0) is 4.74 Å². The standard InChI is InChI=1S/C30H30F2N6O3/c1-3-21-24(31)6-5-18-13-20(39)14-22(25(18)21)27-26(32)28-23(16-34-27)29(38-8-4-11-40-12-10-38)36-30(35-28)41-17-19-15-33-7-9-37(19)2/h1,5-6,13-14,16,19,33,39H,4,7-12,15,17H2,2H3. The molecule has 0 spiro atoms. The van der Waals surface area contributed by atoms with E-state index in [1.807, 2.05) is 11.9 Å². The minimum absolute atomic E-state index is 0.00504. The van der Waals surface area contributed by atoms with Crippen LogP contribution in [0.1, 0.15) is 12.0 Å². The van der Waals surface area contributed by atoms with E-state index in [1.54, 1.807) is 0 Å². The summed E-state index contributed by atoms with van der Waals surface area (Å²) < 4.78 is 42.9. The summed E-state index contributed by atoms with van der Waals surface area (Å²) in [6.07, 6.45) is 7.93. The van der Waals surface area contributed by atoms with E-state index in [1.165, 1.54) is 30.5 Å². The van der Waals surface area contributed by atoms with Crippen molar-refractivity contribution >= 4 is 27.5 Å². The van der Waals surface area contributed by atoms with Crippen LogP contribution in [0, 0.1) is 24.0 Å². The molecule has 9 nitrogen and oxygen atoms in total. The quantitative estimate of drug-likeness (QED) is 0.357. The molecular formula is C30H30F2N6O3. The van der Waals surface area contributed by atoms with Crippen molar-refractivity contribution in [3.05, 3.63) is 47.7 Å². The Morgan fingerprint density at radius 3 is 2.90 bits per heavy atom. The zero-order valence-electron chi connectivity index (χ0n) is 22.7. The highest BCUT2D eigenvalue weighted by atomic mass is 19.1. The summed E-state index contributed by atoms with van der Waals surface area (Å²) in [6.45, 7) is 5.20. The number of nitrogens with zero attached hydrogens (tertiary/aromatic N) is 5. The van der Waals surface area contributed by atoms with Crippen LogP contribution in [0.2, 0.25) is 0 Å². The molecular weight excluding hydrogens is 530 g/mol. The van der Waals surface area contributed by atoms with Crippen molar-refractivity contribution < 1.29 is 23.4 Å². The first-order chi connectivity index (χ1) is 19.9. The fourth-order valence-electron chi connectivity index (χ4n) is 5.45. The third kappa shape index (κ3) is 5.22. The summed E-state index contributed by atoms with van der Waals surface area (Å²) in [7, 11) is 2.03. The number of hydrogen-bond donors (Lipinski definition) is 2. The molecule has 0 aliphatic carbocycles. The van der Waals surface area contributed by atoms with E-state index in [2.05, 4.69) is 26.1 Å². The highest BCUT2D eigenvalue weighted by molar-refractivity contribution is 6.03. The first kappa shape index (κ1) is 27.1. The first-order valence-electron chi connectivity index (χ1n) is 13.6. The molecule has 6 rings (SSSR count). The molecule has 2 aromatic carbocycles. The highest BCUT2D eigenvalue weighted by Gasteiger charge is 2.25. The minimum atomic E-state index is -0.752. The van der Waals surface area contributed by atoms with E-state index in [9.17, 15) is 9.50 Å². The van der Waals surface area contributed by atoms with Crippen molar-refractivity contribution in [1.82, 2.24) is 25.2 Å². The normalized spacial score (nSPS) is 18.4. The predicted molar refractivity (Wildman–Crippen MR) is 152 cm³/mol. The molecule has 2 saturated heterocycles. The summed E-state index contributed by atoms with van der Waals surface area (Å²) in [5, 5.41) is 14.9. The molecule has 1 atom stereocenters. The largest absolute Gasteiger partial charge is 0.508 e. The molecule has 2 aliphatic heterocycles. The number of likely N-dealkylation sites (N-methyl/N-ethyl adjacent to an activating group) is 1. The molecule has 212 valence electrons. The predicted octanol–water partition coefficient (Wildman–Crippen LogP) is 3.32. The summed E-state index contributed by atoms with van der Waals surface area (Å²) in [5.41, 5.74) is 0.00508. The number of benzene rings is 2. The van der Waals surface area contributed by atoms with Crippen LogP contribution in [0.5, 0.6) is 11.8 Å². The van der Waals surface area contributed by atoms with Gasteiger partial charge in [0.25, 0.3) is 0 Å². The fourth-order valence-corrected chi connectivity index (χ4v) is 5.45. The van der Waals surface area contributed by atoms with Crippen molar-refractivity contribution in [2.75, 3.05) is 64.5 Å². The lowest BCUT2D eigenvalue weighted by Crippen LogP contribution is -2.51. The maximum atomic E-state index is 16.5. The lowest BCUT2D eigenvalue weighted by atomic mass is 9.96. The van der Waals surface area contributed by atoms with Gasteiger partial charge in [-0.2, -0.15) is 9.97 Å². The maximum Gasteiger partial charge on any atom is 0.319 e. The molecule has 0 saturated carbocycles. The zero-order chi connectivity index (χ0) is 28.5. The topological polar surface area (TPSA) is 95.9 Å². The number of rotatable bonds is 5. The van der Waals surface area contributed by atoms with Gasteiger partial charge in [0.15, 0.2) is 5.82 Å². The Morgan fingerprint density at radius 1 is 1.20 bits per heavy atom. The molecule has 4 heterocycles. The van der Waals surface area contributed by atoms with Gasteiger partial charge >= 0.3 is 6.01 Å². The Hall–Kier alpha value is -4.11. The Balaban J connectivity index is 1.51. The van der Waals surface area contributed by atoms with Gasteiger partial charge in [0, 0.05) is 56.5 Å². The number of ether oxygens (including phenoxy) is 2. The average molecular weight is 561 g/mol. The van der Waals surface area contributed by atoms with E-state index < -0.39 is 11.6 Å². The van der Waals surface area contributed by atoms with E-state index >= 15 is 4.39 Å². The lowest BCUT2D eigenvalue weighted by Gasteiger charge is -2.32. The maximum absolute atomic E-state index is 16.5. The van der Waals surface area contributed by atoms with Crippen LogP contribution in [0.15, 0.2) is 30.5 Å². The van der Waals surface area contributed by atoms with Gasteiger partial charge in [-0.1, -0.05) is 12.0 Å². The van der Waals surface area contributed by atoms with Gasteiger partial charge in [0.2, 0.25) is 0 Å². The number of aromatic hydroxyl groups is 1. The Morgan fingerprint density at radius 2 is 2.07 bits per heavy atom. The van der Waals surface area contributed by atoms with Crippen molar-refractivity contribution in [2.45, 2.75) is 12.5 Å². The third-order valence-corrected chi connectivity index (χ3v) is 7.67. The van der Waals surface area contributed by atoms with Gasteiger partial charge in [-0.15, -0.1) is 6.42 Å². The zero-order valence-corrected chi connectivity index (χ0v) is 22.7. The third-order valence-electron chi connectivity index (χ3n) is 7.67. The van der Waals surface area contributed by atoms with Gasteiger partial charge in [0.1, 0.15) is 35.2 Å². The molecule has 41 heavy (non-hydrogen) atoms. The number of anilines is 1. The number of aromatic nitrogens is 3. The second-order valence-electron chi connectivity index (χ2n) is 10.3. The summed E-state index contributed by atoms with van der Waals surface area (Å²) in [4.78, 5) is 17.8. The van der Waals surface area contributed by atoms with Gasteiger partial charge in [-0.05, 0) is 37.1 Å². The molecule has 2 aromatic heterocycles. The average Bonchev–Trinajstić information content (AvgIpc) is 3.26. The minimum Gasteiger partial charge on any atom is -0.508 e. The van der Waals surface area contributed by atoms with Crippen LogP contribution in [0.25, 0.3) is 32.9 Å². The number of phenols is 1. The van der Waals surface area contributed by atoms with Crippen LogP contribution < -0.4 is 15.0 Å². The molecule has 0 bridgehead atoms. The van der Waals surface area contributed by atoms with Crippen LogP contribution in [-0.4, -0.2) is 90.6 Å². The smallest absolute Gasteiger partial charge is 0.319 e. The molecule has 4 aromatic rings. The fraction of sp³-hybridized carbons (Fsp3) is 0.367. The SMILES string of the molecule is C#Cc1c(F)ccc2cc(O)cc(-c3ncc4c(N5CCCOCC5)nc(OCC5CNCCN5C)nc4c3F)c12. The van der Waals surface area contributed by atoms with Crippen molar-refractivity contribution in [1.29, 1.82) is 0 Å². The Kier molecular flexibility index (Phi) is 7.53. The Bertz CT molecular complexity index is 1650. The molecule has 0 radical (unpaired) electrons. The van der Waals surface area contributed by atoms with E-state index in [0.29, 0.717) is 49.5 Å². The first-order valence-corrected chi connectivity index (χ1v) is 13.6. The second kappa shape index (κ2) is 11.4. The van der Waals surface area contributed by atoms with Gasteiger partial charge in [-0.3, -0.25) is 9.88 Å². The number of halogens is 2. The number of fused-ring (bicyclic) bond motifs is 2. The van der Waals surface area contributed by atoms with E-state index in [4.69, 9.17) is 20.9 Å². The summed E-state index contributed by atoms with van der Waals surface area (Å²) in [6, 6.07) is 5.63. The van der Waals surface area contributed by atoms with Crippen molar-refractivity contribution in [3.8, 4) is 35.4 Å². The second-order valence-corrected chi connectivity index (χ2v) is 10.3. The number of nitrogens with one attached hydrogen (secondary N) is 1. The highest BCUT2D eigenvalue weighted by Crippen LogP contribution is 2.38. The molecule has 2 N–H and O–H groups in total. The monoisotopic (exact) mass is 560 g/mol. The summed E-state index contributed by atoms with van der Waals surface area (Å²) in [5.74, 6) is 1.35. The number of piperazine rings is 1. The van der Waals surface area contributed by atoms with Crippen molar-refractivity contribution in [2.24, 2.45) is 0 Å². The lowest BCUT2D eigenvalue weighted by molar-refractivity contribution is 0.130. The summed E-state index contributed by atoms with van der Waals surface area (Å²) >= 11 is 0. The van der Waals surface area contributed by atoms with Crippen molar-refractivity contribution in [3.63, 3.8) is 0 Å². The molecule has 2 aliphatic rings. The molecule has 0 amide bonds.